The number of anilines is 1. The van der Waals surface area contributed by atoms with Gasteiger partial charge in [0.05, 0.1) is 11.8 Å². The summed E-state index contributed by atoms with van der Waals surface area (Å²) in [6.07, 6.45) is -1.66. The predicted molar refractivity (Wildman–Crippen MR) is 77.3 cm³/mol. The van der Waals surface area contributed by atoms with E-state index in [2.05, 4.69) is 15.3 Å². The van der Waals surface area contributed by atoms with Gasteiger partial charge in [-0.15, -0.1) is 0 Å². The number of nitrogens with zero attached hydrogens (tertiary/aromatic N) is 3. The summed E-state index contributed by atoms with van der Waals surface area (Å²) in [5.41, 5.74) is -1.10. The van der Waals surface area contributed by atoms with Crippen LogP contribution in [0.1, 0.15) is 16.7 Å². The van der Waals surface area contributed by atoms with Gasteiger partial charge < -0.3 is 5.32 Å². The lowest BCUT2D eigenvalue weighted by atomic mass is 10.1. The minimum atomic E-state index is -4.67. The van der Waals surface area contributed by atoms with Crippen molar-refractivity contribution in [2.75, 3.05) is 11.6 Å². The van der Waals surface area contributed by atoms with E-state index in [9.17, 15) is 17.6 Å². The van der Waals surface area contributed by atoms with E-state index in [0.717, 1.165) is 12.1 Å². The lowest BCUT2D eigenvalue weighted by molar-refractivity contribution is -0.138. The number of nitrogens with one attached hydrogen (secondary N) is 1. The molecule has 1 N–H and O–H groups in total. The van der Waals surface area contributed by atoms with Crippen LogP contribution in [0.15, 0.2) is 29.6 Å². The van der Waals surface area contributed by atoms with E-state index in [-0.39, 0.29) is 23.5 Å². The van der Waals surface area contributed by atoms with Gasteiger partial charge in [0.15, 0.2) is 5.16 Å². The molecule has 120 valence electrons. The maximum absolute atomic E-state index is 13.1. The van der Waals surface area contributed by atoms with Gasteiger partial charge >= 0.3 is 6.18 Å². The number of alkyl halides is 3. The topological polar surface area (TPSA) is 61.6 Å². The fourth-order valence-electron chi connectivity index (χ4n) is 1.83. The zero-order chi connectivity index (χ0) is 17.0. The van der Waals surface area contributed by atoms with Gasteiger partial charge in [-0.1, -0.05) is 17.8 Å². The van der Waals surface area contributed by atoms with Crippen molar-refractivity contribution >= 4 is 17.6 Å². The standard InChI is InChI=1S/C14H10F4N4S/c1-23-13-21-7-9(5-19)12(22-13)20-6-8-2-3-10(15)4-11(8)14(16,17)18/h2-4,7H,6H2,1H3,(H,20,21,22). The summed E-state index contributed by atoms with van der Waals surface area (Å²) in [7, 11) is 0. The van der Waals surface area contributed by atoms with Crippen LogP contribution in [0.3, 0.4) is 0 Å². The van der Waals surface area contributed by atoms with Crippen LogP contribution in [0.25, 0.3) is 0 Å². The number of aromatic nitrogens is 2. The lowest BCUT2D eigenvalue weighted by Gasteiger charge is -2.14. The second-order valence-electron chi connectivity index (χ2n) is 4.38. The number of nitriles is 1. The number of halogens is 4. The molecular weight excluding hydrogens is 332 g/mol. The van der Waals surface area contributed by atoms with Gasteiger partial charge in [-0.3, -0.25) is 0 Å². The molecule has 0 radical (unpaired) electrons. The summed E-state index contributed by atoms with van der Waals surface area (Å²) in [6, 6.07) is 4.30. The molecule has 0 bridgehead atoms. The highest BCUT2D eigenvalue weighted by Crippen LogP contribution is 2.33. The number of thioether (sulfide) groups is 1. The van der Waals surface area contributed by atoms with Gasteiger partial charge in [0, 0.05) is 6.54 Å². The summed E-state index contributed by atoms with van der Waals surface area (Å²) < 4.78 is 51.9. The van der Waals surface area contributed by atoms with Crippen LogP contribution in [0.2, 0.25) is 0 Å². The molecular formula is C14H10F4N4S. The Morgan fingerprint density at radius 2 is 2.09 bits per heavy atom. The Hall–Kier alpha value is -2.34. The molecule has 1 aromatic heterocycles. The second-order valence-corrected chi connectivity index (χ2v) is 5.16. The average molecular weight is 342 g/mol. The van der Waals surface area contributed by atoms with Crippen molar-refractivity contribution < 1.29 is 17.6 Å². The van der Waals surface area contributed by atoms with Crippen molar-refractivity contribution in [3.05, 3.63) is 46.9 Å². The molecule has 0 spiro atoms. The van der Waals surface area contributed by atoms with Crippen LogP contribution in [0.5, 0.6) is 0 Å². The smallest absolute Gasteiger partial charge is 0.365 e. The van der Waals surface area contributed by atoms with Gasteiger partial charge in [-0.25, -0.2) is 14.4 Å². The molecule has 2 aromatic rings. The quantitative estimate of drug-likeness (QED) is 0.520. The first-order valence-electron chi connectivity index (χ1n) is 6.25. The number of benzene rings is 1. The highest BCUT2D eigenvalue weighted by molar-refractivity contribution is 7.98. The zero-order valence-electron chi connectivity index (χ0n) is 11.8. The summed E-state index contributed by atoms with van der Waals surface area (Å²) in [4.78, 5) is 7.96. The summed E-state index contributed by atoms with van der Waals surface area (Å²) in [5, 5.41) is 12.0. The van der Waals surface area contributed by atoms with Crippen LogP contribution >= 0.6 is 11.8 Å². The molecule has 1 heterocycles. The summed E-state index contributed by atoms with van der Waals surface area (Å²) >= 11 is 1.23. The van der Waals surface area contributed by atoms with Crippen molar-refractivity contribution in [3.8, 4) is 6.07 Å². The van der Waals surface area contributed by atoms with Gasteiger partial charge in [0.25, 0.3) is 0 Å². The van der Waals surface area contributed by atoms with Crippen LogP contribution in [0.4, 0.5) is 23.4 Å². The molecule has 23 heavy (non-hydrogen) atoms. The van der Waals surface area contributed by atoms with Gasteiger partial charge in [-0.05, 0) is 24.0 Å². The van der Waals surface area contributed by atoms with Gasteiger partial charge in [0.1, 0.15) is 23.3 Å². The molecule has 0 aliphatic rings. The molecule has 0 saturated heterocycles. The third-order valence-electron chi connectivity index (χ3n) is 2.89. The molecule has 4 nitrogen and oxygen atoms in total. The monoisotopic (exact) mass is 342 g/mol. The molecule has 2 rings (SSSR count). The zero-order valence-corrected chi connectivity index (χ0v) is 12.6. The minimum absolute atomic E-state index is 0.110. The predicted octanol–water partition coefficient (Wildman–Crippen LogP) is 3.84. The summed E-state index contributed by atoms with van der Waals surface area (Å²) in [5.74, 6) is -0.838. The highest BCUT2D eigenvalue weighted by Gasteiger charge is 2.33. The minimum Gasteiger partial charge on any atom is -0.365 e. The Labute approximate surface area is 133 Å². The third kappa shape index (κ3) is 4.10. The summed E-state index contributed by atoms with van der Waals surface area (Å²) in [6.45, 7) is -0.255. The Morgan fingerprint density at radius 3 is 2.70 bits per heavy atom. The molecule has 0 aliphatic carbocycles. The Bertz CT molecular complexity index is 755. The second kappa shape index (κ2) is 6.83. The molecule has 1 aromatic carbocycles. The van der Waals surface area contributed by atoms with E-state index in [1.807, 2.05) is 6.07 Å². The fraction of sp³-hybridized carbons (Fsp3) is 0.214. The van der Waals surface area contributed by atoms with Crippen molar-refractivity contribution in [2.45, 2.75) is 17.9 Å². The van der Waals surface area contributed by atoms with Crippen molar-refractivity contribution in [2.24, 2.45) is 0 Å². The normalized spacial score (nSPS) is 11.1. The van der Waals surface area contributed by atoms with Crippen molar-refractivity contribution in [1.29, 1.82) is 5.26 Å². The van der Waals surface area contributed by atoms with Crippen LogP contribution in [0, 0.1) is 17.1 Å². The molecule has 0 fully saturated rings. The van der Waals surface area contributed by atoms with E-state index >= 15 is 0 Å². The van der Waals surface area contributed by atoms with E-state index in [4.69, 9.17) is 5.26 Å². The first-order chi connectivity index (χ1) is 10.8. The molecule has 0 saturated carbocycles. The van der Waals surface area contributed by atoms with Crippen LogP contribution in [-0.4, -0.2) is 16.2 Å². The van der Waals surface area contributed by atoms with E-state index in [0.29, 0.717) is 11.2 Å². The maximum Gasteiger partial charge on any atom is 0.416 e. The van der Waals surface area contributed by atoms with E-state index < -0.39 is 17.6 Å². The number of hydrogen-bond acceptors (Lipinski definition) is 5. The fourth-order valence-corrected chi connectivity index (χ4v) is 2.17. The first kappa shape index (κ1) is 17.0. The third-order valence-corrected chi connectivity index (χ3v) is 3.46. The van der Waals surface area contributed by atoms with Crippen molar-refractivity contribution in [3.63, 3.8) is 0 Å². The molecule has 0 amide bonds. The molecule has 0 unspecified atom stereocenters. The van der Waals surface area contributed by atoms with E-state index in [1.54, 1.807) is 6.26 Å². The molecule has 0 atom stereocenters. The maximum atomic E-state index is 13.1. The molecule has 9 heteroatoms. The average Bonchev–Trinajstić information content (AvgIpc) is 2.52. The van der Waals surface area contributed by atoms with Gasteiger partial charge in [0.2, 0.25) is 0 Å². The number of hydrogen-bond donors (Lipinski definition) is 1. The highest BCUT2D eigenvalue weighted by atomic mass is 32.2. The first-order valence-corrected chi connectivity index (χ1v) is 7.48. The Balaban J connectivity index is 2.30. The van der Waals surface area contributed by atoms with Crippen molar-refractivity contribution in [1.82, 2.24) is 9.97 Å². The Kier molecular flexibility index (Phi) is 5.05. The van der Waals surface area contributed by atoms with Gasteiger partial charge in [-0.2, -0.15) is 18.4 Å². The lowest BCUT2D eigenvalue weighted by Crippen LogP contribution is -2.13. The SMILES string of the molecule is CSc1ncc(C#N)c(NCc2ccc(F)cc2C(F)(F)F)n1. The van der Waals surface area contributed by atoms with E-state index in [1.165, 1.54) is 18.0 Å². The molecule has 0 aliphatic heterocycles. The largest absolute Gasteiger partial charge is 0.416 e. The number of rotatable bonds is 4. The van der Waals surface area contributed by atoms with Crippen LogP contribution in [-0.2, 0) is 12.7 Å². The van der Waals surface area contributed by atoms with Crippen LogP contribution < -0.4 is 5.32 Å². The Morgan fingerprint density at radius 1 is 1.35 bits per heavy atom.